The van der Waals surface area contributed by atoms with E-state index in [1.807, 2.05) is 17.0 Å². The molecule has 1 aromatic rings. The van der Waals surface area contributed by atoms with Crippen molar-refractivity contribution in [2.24, 2.45) is 0 Å². The van der Waals surface area contributed by atoms with Gasteiger partial charge in [-0.05, 0) is 43.9 Å². The number of piperazine rings is 1. The summed E-state index contributed by atoms with van der Waals surface area (Å²) in [6.45, 7) is 5.38. The molecule has 1 aromatic carbocycles. The van der Waals surface area contributed by atoms with E-state index in [-0.39, 0.29) is 12.0 Å². The van der Waals surface area contributed by atoms with E-state index in [1.54, 1.807) is 7.11 Å². The highest BCUT2D eigenvalue weighted by Crippen LogP contribution is 2.19. The molecule has 0 radical (unpaired) electrons. The zero-order valence-corrected chi connectivity index (χ0v) is 14.6. The van der Waals surface area contributed by atoms with Crippen LogP contribution >= 0.6 is 0 Å². The fourth-order valence-corrected chi connectivity index (χ4v) is 3.57. The fourth-order valence-electron chi connectivity index (χ4n) is 3.57. The highest BCUT2D eigenvalue weighted by molar-refractivity contribution is 5.81. The molecule has 2 aliphatic rings. The number of ether oxygens (including phenoxy) is 2. The number of rotatable bonds is 6. The lowest BCUT2D eigenvalue weighted by molar-refractivity contribution is -0.142. The molecule has 0 aliphatic carbocycles. The van der Waals surface area contributed by atoms with Crippen LogP contribution in [0.4, 0.5) is 0 Å². The van der Waals surface area contributed by atoms with Gasteiger partial charge in [-0.15, -0.1) is 0 Å². The van der Waals surface area contributed by atoms with Gasteiger partial charge in [0.1, 0.15) is 11.9 Å². The van der Waals surface area contributed by atoms with Crippen LogP contribution in [0.1, 0.15) is 24.8 Å². The monoisotopic (exact) mass is 332 g/mol. The van der Waals surface area contributed by atoms with Crippen LogP contribution in [0.15, 0.2) is 24.3 Å². The molecule has 132 valence electrons. The van der Waals surface area contributed by atoms with E-state index in [4.69, 9.17) is 9.47 Å². The maximum absolute atomic E-state index is 12.3. The fraction of sp³-hybridized carbons (Fsp3) is 0.632. The van der Waals surface area contributed by atoms with Crippen molar-refractivity contribution in [1.82, 2.24) is 9.80 Å². The van der Waals surface area contributed by atoms with Crippen LogP contribution in [0.2, 0.25) is 0 Å². The van der Waals surface area contributed by atoms with Crippen LogP contribution in [0, 0.1) is 0 Å². The number of carbonyl (C=O) groups is 1. The average molecular weight is 332 g/mol. The van der Waals surface area contributed by atoms with Crippen LogP contribution in [-0.4, -0.2) is 68.3 Å². The molecule has 2 fully saturated rings. The Hall–Kier alpha value is -1.59. The van der Waals surface area contributed by atoms with Gasteiger partial charge in [0.05, 0.1) is 7.11 Å². The molecular weight excluding hydrogens is 304 g/mol. The Labute approximate surface area is 144 Å². The first-order chi connectivity index (χ1) is 11.8. The SMILES string of the molecule is COc1ccccc1CCCN1CCN(C(=O)C2CCCO2)CC1. The van der Waals surface area contributed by atoms with Crippen molar-refractivity contribution in [1.29, 1.82) is 0 Å². The van der Waals surface area contributed by atoms with E-state index in [9.17, 15) is 4.79 Å². The summed E-state index contributed by atoms with van der Waals surface area (Å²) in [4.78, 5) is 16.8. The number of methoxy groups -OCH3 is 1. The molecule has 2 saturated heterocycles. The third-order valence-electron chi connectivity index (χ3n) is 5.00. The molecule has 1 unspecified atom stereocenters. The second kappa shape index (κ2) is 8.49. The number of para-hydroxylation sites is 1. The normalized spacial score (nSPS) is 21.9. The second-order valence-electron chi connectivity index (χ2n) is 6.58. The Morgan fingerprint density at radius 1 is 1.25 bits per heavy atom. The molecule has 2 heterocycles. The van der Waals surface area contributed by atoms with Gasteiger partial charge in [-0.3, -0.25) is 9.69 Å². The molecule has 0 saturated carbocycles. The van der Waals surface area contributed by atoms with Crippen molar-refractivity contribution in [3.63, 3.8) is 0 Å². The second-order valence-corrected chi connectivity index (χ2v) is 6.58. The molecule has 0 aromatic heterocycles. The molecular formula is C19H28N2O3. The van der Waals surface area contributed by atoms with Gasteiger partial charge in [0.2, 0.25) is 0 Å². The van der Waals surface area contributed by atoms with Gasteiger partial charge in [-0.2, -0.15) is 0 Å². The standard InChI is InChI=1S/C19H28N2O3/c1-23-17-8-3-2-6-16(17)7-4-10-20-11-13-21(14-12-20)19(22)18-9-5-15-24-18/h2-3,6,8,18H,4-5,7,9-15H2,1H3. The Kier molecular flexibility index (Phi) is 6.10. The van der Waals surface area contributed by atoms with Crippen molar-refractivity contribution in [3.8, 4) is 5.75 Å². The number of nitrogens with zero attached hydrogens (tertiary/aromatic N) is 2. The first-order valence-corrected chi connectivity index (χ1v) is 9.02. The van der Waals surface area contributed by atoms with E-state index >= 15 is 0 Å². The summed E-state index contributed by atoms with van der Waals surface area (Å²) in [5.74, 6) is 1.17. The number of hydrogen-bond donors (Lipinski definition) is 0. The molecule has 0 bridgehead atoms. The minimum atomic E-state index is -0.179. The minimum Gasteiger partial charge on any atom is -0.496 e. The molecule has 5 heteroatoms. The number of hydrogen-bond acceptors (Lipinski definition) is 4. The number of aryl methyl sites for hydroxylation is 1. The van der Waals surface area contributed by atoms with Crippen LogP contribution in [0.5, 0.6) is 5.75 Å². The Morgan fingerprint density at radius 3 is 2.75 bits per heavy atom. The summed E-state index contributed by atoms with van der Waals surface area (Å²) in [7, 11) is 1.73. The summed E-state index contributed by atoms with van der Waals surface area (Å²) in [5.41, 5.74) is 1.27. The third-order valence-corrected chi connectivity index (χ3v) is 5.00. The zero-order chi connectivity index (χ0) is 16.8. The lowest BCUT2D eigenvalue weighted by Gasteiger charge is -2.35. The molecule has 0 N–H and O–H groups in total. The molecule has 0 spiro atoms. The summed E-state index contributed by atoms with van der Waals surface area (Å²) < 4.78 is 10.9. The van der Waals surface area contributed by atoms with Crippen molar-refractivity contribution in [2.45, 2.75) is 31.8 Å². The van der Waals surface area contributed by atoms with Gasteiger partial charge in [0.25, 0.3) is 5.91 Å². The average Bonchev–Trinajstić information content (AvgIpc) is 3.17. The predicted molar refractivity (Wildman–Crippen MR) is 93.3 cm³/mol. The zero-order valence-electron chi connectivity index (χ0n) is 14.6. The Morgan fingerprint density at radius 2 is 2.04 bits per heavy atom. The van der Waals surface area contributed by atoms with Crippen molar-refractivity contribution >= 4 is 5.91 Å². The van der Waals surface area contributed by atoms with Crippen molar-refractivity contribution < 1.29 is 14.3 Å². The lowest BCUT2D eigenvalue weighted by atomic mass is 10.1. The topological polar surface area (TPSA) is 42.0 Å². The summed E-state index contributed by atoms with van der Waals surface area (Å²) in [5, 5.41) is 0. The van der Waals surface area contributed by atoms with Crippen molar-refractivity contribution in [2.75, 3.05) is 46.4 Å². The molecule has 3 rings (SSSR count). The quantitative estimate of drug-likeness (QED) is 0.798. The van der Waals surface area contributed by atoms with Crippen LogP contribution in [-0.2, 0) is 16.0 Å². The van der Waals surface area contributed by atoms with Gasteiger partial charge in [0, 0.05) is 32.8 Å². The summed E-state index contributed by atoms with van der Waals surface area (Å²) in [6, 6.07) is 8.22. The van der Waals surface area contributed by atoms with Crippen LogP contribution in [0.3, 0.4) is 0 Å². The molecule has 2 aliphatic heterocycles. The number of amides is 1. The molecule has 1 amide bonds. The molecule has 24 heavy (non-hydrogen) atoms. The van der Waals surface area contributed by atoms with Gasteiger partial charge in [-0.1, -0.05) is 18.2 Å². The van der Waals surface area contributed by atoms with E-state index in [1.165, 1.54) is 5.56 Å². The maximum atomic E-state index is 12.3. The van der Waals surface area contributed by atoms with Gasteiger partial charge < -0.3 is 14.4 Å². The van der Waals surface area contributed by atoms with Crippen molar-refractivity contribution in [3.05, 3.63) is 29.8 Å². The smallest absolute Gasteiger partial charge is 0.251 e. The molecule has 1 atom stereocenters. The van der Waals surface area contributed by atoms with E-state index < -0.39 is 0 Å². The summed E-state index contributed by atoms with van der Waals surface area (Å²) >= 11 is 0. The third kappa shape index (κ3) is 4.28. The van der Waals surface area contributed by atoms with E-state index in [0.29, 0.717) is 0 Å². The Balaban J connectivity index is 1.38. The maximum Gasteiger partial charge on any atom is 0.251 e. The van der Waals surface area contributed by atoms with Gasteiger partial charge >= 0.3 is 0 Å². The number of carbonyl (C=O) groups excluding carboxylic acids is 1. The largest absolute Gasteiger partial charge is 0.496 e. The molecule has 5 nitrogen and oxygen atoms in total. The van der Waals surface area contributed by atoms with E-state index in [0.717, 1.165) is 70.8 Å². The number of benzene rings is 1. The van der Waals surface area contributed by atoms with Crippen LogP contribution < -0.4 is 4.74 Å². The van der Waals surface area contributed by atoms with Gasteiger partial charge in [-0.25, -0.2) is 0 Å². The lowest BCUT2D eigenvalue weighted by Crippen LogP contribution is -2.51. The summed E-state index contributed by atoms with van der Waals surface area (Å²) in [6.07, 6.45) is 3.86. The first kappa shape index (κ1) is 17.2. The Bertz CT molecular complexity index is 535. The minimum absolute atomic E-state index is 0.179. The van der Waals surface area contributed by atoms with E-state index in [2.05, 4.69) is 17.0 Å². The predicted octanol–water partition coefficient (Wildman–Crippen LogP) is 1.95. The highest BCUT2D eigenvalue weighted by Gasteiger charge is 2.30. The highest BCUT2D eigenvalue weighted by atomic mass is 16.5. The first-order valence-electron chi connectivity index (χ1n) is 9.02. The van der Waals surface area contributed by atoms with Gasteiger partial charge in [0.15, 0.2) is 0 Å². The van der Waals surface area contributed by atoms with Crippen LogP contribution in [0.25, 0.3) is 0 Å².